The van der Waals surface area contributed by atoms with Gasteiger partial charge in [0.15, 0.2) is 0 Å². The first-order valence-corrected chi connectivity index (χ1v) is 5.18. The number of nitrogens with two attached hydrogens (primary N) is 1. The van der Waals surface area contributed by atoms with Gasteiger partial charge in [0.2, 0.25) is 0 Å². The van der Waals surface area contributed by atoms with Crippen LogP contribution in [0.25, 0.3) is 0 Å². The van der Waals surface area contributed by atoms with Crippen LogP contribution in [0.1, 0.15) is 17.5 Å². The maximum absolute atomic E-state index is 5.53. The first-order valence-electron chi connectivity index (χ1n) is 4.77. The van der Waals surface area contributed by atoms with Gasteiger partial charge in [-0.05, 0) is 19.2 Å². The molecule has 2 nitrogen and oxygen atoms in total. The van der Waals surface area contributed by atoms with Crippen LogP contribution < -0.4 is 11.1 Å². The summed E-state index contributed by atoms with van der Waals surface area (Å²) in [6, 6.07) is 7.67. The zero-order valence-corrected chi connectivity index (χ0v) is 9.53. The van der Waals surface area contributed by atoms with Crippen molar-refractivity contribution >= 4 is 17.2 Å². The van der Waals surface area contributed by atoms with Crippen LogP contribution in [-0.2, 0) is 0 Å². The Labute approximate surface area is 95.9 Å². The van der Waals surface area contributed by atoms with Crippen molar-refractivity contribution < 1.29 is 0 Å². The van der Waals surface area contributed by atoms with E-state index in [1.807, 2.05) is 31.3 Å². The number of rotatable bonds is 3. The summed E-state index contributed by atoms with van der Waals surface area (Å²) in [6.45, 7) is 0.905. The standard InChI is InChI=1S/C12H14N2S/c1-14-8-3-2-5-10-6-4-7-11(9-10)12(13)15/h4,6-7,9,14H,3,8H2,1H3,(H2,13,15). The molecule has 0 saturated carbocycles. The van der Waals surface area contributed by atoms with Gasteiger partial charge < -0.3 is 11.1 Å². The highest BCUT2D eigenvalue weighted by Gasteiger charge is 1.95. The Hall–Kier alpha value is -1.37. The molecule has 0 spiro atoms. The number of hydrogen-bond acceptors (Lipinski definition) is 2. The predicted octanol–water partition coefficient (Wildman–Crippen LogP) is 1.28. The summed E-state index contributed by atoms with van der Waals surface area (Å²) in [4.78, 5) is 0.411. The van der Waals surface area contributed by atoms with Crippen molar-refractivity contribution in [3.63, 3.8) is 0 Å². The van der Waals surface area contributed by atoms with E-state index in [2.05, 4.69) is 17.2 Å². The summed E-state index contributed by atoms with van der Waals surface area (Å²) in [5.41, 5.74) is 7.35. The van der Waals surface area contributed by atoms with Crippen molar-refractivity contribution in [2.75, 3.05) is 13.6 Å². The molecule has 0 saturated heterocycles. The normalized spacial score (nSPS) is 9.13. The van der Waals surface area contributed by atoms with E-state index in [1.54, 1.807) is 0 Å². The van der Waals surface area contributed by atoms with Gasteiger partial charge in [-0.1, -0.05) is 36.2 Å². The lowest BCUT2D eigenvalue weighted by Crippen LogP contribution is -2.09. The summed E-state index contributed by atoms with van der Waals surface area (Å²) in [6.07, 6.45) is 0.841. The molecule has 0 radical (unpaired) electrons. The molecule has 0 atom stereocenters. The lowest BCUT2D eigenvalue weighted by Gasteiger charge is -1.97. The molecule has 0 fully saturated rings. The van der Waals surface area contributed by atoms with Crippen LogP contribution in [0.15, 0.2) is 24.3 Å². The molecule has 1 rings (SSSR count). The first-order chi connectivity index (χ1) is 7.24. The van der Waals surface area contributed by atoms with Gasteiger partial charge in [0, 0.05) is 24.1 Å². The Morgan fingerprint density at radius 2 is 2.33 bits per heavy atom. The molecule has 3 N–H and O–H groups in total. The highest BCUT2D eigenvalue weighted by Crippen LogP contribution is 2.03. The average molecular weight is 218 g/mol. The topological polar surface area (TPSA) is 38.0 Å². The minimum Gasteiger partial charge on any atom is -0.389 e. The van der Waals surface area contributed by atoms with Crippen LogP contribution in [-0.4, -0.2) is 18.6 Å². The second kappa shape index (κ2) is 6.18. The lowest BCUT2D eigenvalue weighted by atomic mass is 10.1. The van der Waals surface area contributed by atoms with Crippen LogP contribution in [0.2, 0.25) is 0 Å². The molecular weight excluding hydrogens is 204 g/mol. The molecule has 1 aromatic carbocycles. The molecule has 0 bridgehead atoms. The smallest absolute Gasteiger partial charge is 0.104 e. The maximum Gasteiger partial charge on any atom is 0.104 e. The van der Waals surface area contributed by atoms with Crippen molar-refractivity contribution in [3.05, 3.63) is 35.4 Å². The molecule has 78 valence electrons. The molecule has 0 aliphatic heterocycles. The van der Waals surface area contributed by atoms with Crippen molar-refractivity contribution in [2.24, 2.45) is 5.73 Å². The fourth-order valence-electron chi connectivity index (χ4n) is 1.10. The second-order valence-corrected chi connectivity index (χ2v) is 3.54. The fourth-order valence-corrected chi connectivity index (χ4v) is 1.23. The van der Waals surface area contributed by atoms with E-state index in [9.17, 15) is 0 Å². The van der Waals surface area contributed by atoms with Gasteiger partial charge in [-0.25, -0.2) is 0 Å². The Morgan fingerprint density at radius 1 is 1.53 bits per heavy atom. The highest BCUT2D eigenvalue weighted by atomic mass is 32.1. The van der Waals surface area contributed by atoms with E-state index >= 15 is 0 Å². The fraction of sp³-hybridized carbons (Fsp3) is 0.250. The van der Waals surface area contributed by atoms with Crippen molar-refractivity contribution in [1.29, 1.82) is 0 Å². The monoisotopic (exact) mass is 218 g/mol. The van der Waals surface area contributed by atoms with Crippen LogP contribution >= 0.6 is 12.2 Å². The van der Waals surface area contributed by atoms with E-state index in [1.165, 1.54) is 0 Å². The molecule has 15 heavy (non-hydrogen) atoms. The van der Waals surface area contributed by atoms with E-state index in [0.717, 1.165) is 24.1 Å². The zero-order valence-electron chi connectivity index (χ0n) is 8.71. The zero-order chi connectivity index (χ0) is 11.1. The maximum atomic E-state index is 5.53. The number of thiocarbonyl (C=S) groups is 1. The van der Waals surface area contributed by atoms with Gasteiger partial charge in [0.1, 0.15) is 4.99 Å². The highest BCUT2D eigenvalue weighted by molar-refractivity contribution is 7.80. The van der Waals surface area contributed by atoms with Gasteiger partial charge in [0.25, 0.3) is 0 Å². The van der Waals surface area contributed by atoms with E-state index in [0.29, 0.717) is 4.99 Å². The van der Waals surface area contributed by atoms with E-state index in [4.69, 9.17) is 18.0 Å². The number of benzene rings is 1. The van der Waals surface area contributed by atoms with Gasteiger partial charge in [-0.2, -0.15) is 0 Å². The summed E-state index contributed by atoms with van der Waals surface area (Å²) in [5, 5.41) is 3.04. The van der Waals surface area contributed by atoms with E-state index < -0.39 is 0 Å². The quantitative estimate of drug-likeness (QED) is 0.456. The Kier molecular flexibility index (Phi) is 4.82. The molecule has 1 aromatic rings. The van der Waals surface area contributed by atoms with Crippen LogP contribution in [0.4, 0.5) is 0 Å². The van der Waals surface area contributed by atoms with Crippen LogP contribution in [0.5, 0.6) is 0 Å². The lowest BCUT2D eigenvalue weighted by molar-refractivity contribution is 0.818. The number of hydrogen-bond donors (Lipinski definition) is 2. The van der Waals surface area contributed by atoms with Crippen molar-refractivity contribution in [1.82, 2.24) is 5.32 Å². The molecule has 0 amide bonds. The summed E-state index contributed by atoms with van der Waals surface area (Å²) < 4.78 is 0. The largest absolute Gasteiger partial charge is 0.389 e. The third-order valence-electron chi connectivity index (χ3n) is 1.88. The minimum atomic E-state index is 0.411. The summed E-state index contributed by atoms with van der Waals surface area (Å²) >= 11 is 4.90. The van der Waals surface area contributed by atoms with Gasteiger partial charge in [0.05, 0.1) is 0 Å². The SMILES string of the molecule is CNCCC#Cc1cccc(C(N)=S)c1. The van der Waals surface area contributed by atoms with Crippen molar-refractivity contribution in [2.45, 2.75) is 6.42 Å². The minimum absolute atomic E-state index is 0.411. The Balaban J connectivity index is 2.72. The Bertz CT molecular complexity index is 402. The first kappa shape index (κ1) is 11.7. The third-order valence-corrected chi connectivity index (χ3v) is 2.12. The molecular formula is C12H14N2S. The van der Waals surface area contributed by atoms with Gasteiger partial charge in [-0.3, -0.25) is 0 Å². The third kappa shape index (κ3) is 4.11. The average Bonchev–Trinajstić information content (AvgIpc) is 2.25. The molecule has 0 heterocycles. The molecule has 3 heteroatoms. The van der Waals surface area contributed by atoms with Crippen LogP contribution in [0, 0.1) is 11.8 Å². The molecule has 0 aliphatic carbocycles. The predicted molar refractivity (Wildman–Crippen MR) is 67.8 cm³/mol. The number of nitrogens with one attached hydrogen (secondary N) is 1. The molecule has 0 aliphatic rings. The van der Waals surface area contributed by atoms with Crippen LogP contribution in [0.3, 0.4) is 0 Å². The second-order valence-electron chi connectivity index (χ2n) is 3.10. The molecule has 0 unspecified atom stereocenters. The summed E-state index contributed by atoms with van der Waals surface area (Å²) in [5.74, 6) is 6.14. The summed E-state index contributed by atoms with van der Waals surface area (Å²) in [7, 11) is 1.91. The Morgan fingerprint density at radius 3 is 3.00 bits per heavy atom. The van der Waals surface area contributed by atoms with Crippen molar-refractivity contribution in [3.8, 4) is 11.8 Å². The van der Waals surface area contributed by atoms with E-state index in [-0.39, 0.29) is 0 Å². The van der Waals surface area contributed by atoms with Gasteiger partial charge in [-0.15, -0.1) is 0 Å². The van der Waals surface area contributed by atoms with Gasteiger partial charge >= 0.3 is 0 Å². The molecule has 0 aromatic heterocycles.